The zero-order valence-electron chi connectivity index (χ0n) is 12.5. The smallest absolute Gasteiger partial charge is 0.0700 e. The van der Waals surface area contributed by atoms with Gasteiger partial charge in [-0.1, -0.05) is 19.3 Å². The SMILES string of the molecule is COCCOCCCC1CCCCC1CNC1CC1. The molecule has 2 rings (SSSR count). The van der Waals surface area contributed by atoms with E-state index in [-0.39, 0.29) is 0 Å². The Morgan fingerprint density at radius 3 is 2.47 bits per heavy atom. The van der Waals surface area contributed by atoms with Gasteiger partial charge in [0.15, 0.2) is 0 Å². The lowest BCUT2D eigenvalue weighted by Crippen LogP contribution is -2.31. The largest absolute Gasteiger partial charge is 0.382 e. The molecule has 2 unspecified atom stereocenters. The minimum absolute atomic E-state index is 0.720. The molecular formula is C16H31NO2. The Morgan fingerprint density at radius 1 is 0.947 bits per heavy atom. The highest BCUT2D eigenvalue weighted by Gasteiger charge is 2.27. The average molecular weight is 269 g/mol. The first-order valence-electron chi connectivity index (χ1n) is 8.20. The quantitative estimate of drug-likeness (QED) is 0.618. The van der Waals surface area contributed by atoms with Crippen LogP contribution in [-0.2, 0) is 9.47 Å². The fraction of sp³-hybridized carbons (Fsp3) is 1.00. The van der Waals surface area contributed by atoms with Crippen molar-refractivity contribution in [1.29, 1.82) is 0 Å². The van der Waals surface area contributed by atoms with E-state index in [0.29, 0.717) is 0 Å². The molecule has 112 valence electrons. The molecule has 0 radical (unpaired) electrons. The molecule has 3 nitrogen and oxygen atoms in total. The van der Waals surface area contributed by atoms with Crippen LogP contribution in [0.5, 0.6) is 0 Å². The van der Waals surface area contributed by atoms with Gasteiger partial charge >= 0.3 is 0 Å². The van der Waals surface area contributed by atoms with Crippen LogP contribution in [-0.4, -0.2) is 39.5 Å². The predicted octanol–water partition coefficient (Wildman–Crippen LogP) is 2.99. The molecule has 2 saturated carbocycles. The molecule has 3 heteroatoms. The van der Waals surface area contributed by atoms with E-state index in [1.807, 2.05) is 0 Å². The fourth-order valence-electron chi connectivity index (χ4n) is 3.23. The highest BCUT2D eigenvalue weighted by molar-refractivity contribution is 4.84. The van der Waals surface area contributed by atoms with E-state index in [1.54, 1.807) is 7.11 Å². The molecule has 2 atom stereocenters. The summed E-state index contributed by atoms with van der Waals surface area (Å²) in [7, 11) is 1.73. The molecule has 2 aliphatic rings. The maximum atomic E-state index is 5.57. The molecule has 0 saturated heterocycles. The van der Waals surface area contributed by atoms with Gasteiger partial charge in [0.25, 0.3) is 0 Å². The summed E-state index contributed by atoms with van der Waals surface area (Å²) in [5.74, 6) is 1.86. The summed E-state index contributed by atoms with van der Waals surface area (Å²) in [5, 5.41) is 3.73. The van der Waals surface area contributed by atoms with E-state index < -0.39 is 0 Å². The standard InChI is InChI=1S/C16H31NO2/c1-18-11-12-19-10-4-7-14-5-2-3-6-15(14)13-17-16-8-9-16/h14-17H,2-13H2,1H3. The third-order valence-electron chi connectivity index (χ3n) is 4.61. The van der Waals surface area contributed by atoms with Crippen LogP contribution in [0.4, 0.5) is 0 Å². The summed E-state index contributed by atoms with van der Waals surface area (Å²) in [4.78, 5) is 0. The van der Waals surface area contributed by atoms with Gasteiger partial charge in [0.1, 0.15) is 0 Å². The van der Waals surface area contributed by atoms with Crippen LogP contribution >= 0.6 is 0 Å². The number of ether oxygens (including phenoxy) is 2. The lowest BCUT2D eigenvalue weighted by Gasteiger charge is -2.32. The summed E-state index contributed by atoms with van der Waals surface area (Å²) in [6.07, 6.45) is 11.1. The van der Waals surface area contributed by atoms with Crippen molar-refractivity contribution < 1.29 is 9.47 Å². The highest BCUT2D eigenvalue weighted by atomic mass is 16.5. The topological polar surface area (TPSA) is 30.5 Å². The van der Waals surface area contributed by atoms with Crippen LogP contribution < -0.4 is 5.32 Å². The molecule has 0 amide bonds. The van der Waals surface area contributed by atoms with Gasteiger partial charge in [-0.2, -0.15) is 0 Å². The van der Waals surface area contributed by atoms with Crippen LogP contribution in [0.25, 0.3) is 0 Å². The first-order valence-corrected chi connectivity index (χ1v) is 8.20. The molecule has 0 heterocycles. The Morgan fingerprint density at radius 2 is 1.74 bits per heavy atom. The molecule has 0 aliphatic heterocycles. The van der Waals surface area contributed by atoms with Gasteiger partial charge < -0.3 is 14.8 Å². The predicted molar refractivity (Wildman–Crippen MR) is 78.4 cm³/mol. The van der Waals surface area contributed by atoms with E-state index in [4.69, 9.17) is 9.47 Å². The zero-order chi connectivity index (χ0) is 13.3. The van der Waals surface area contributed by atoms with Gasteiger partial charge in [0.05, 0.1) is 13.2 Å². The lowest BCUT2D eigenvalue weighted by atomic mass is 9.77. The number of rotatable bonds is 10. The second-order valence-corrected chi connectivity index (χ2v) is 6.23. The number of methoxy groups -OCH3 is 1. The van der Waals surface area contributed by atoms with Crippen molar-refractivity contribution in [3.63, 3.8) is 0 Å². The summed E-state index contributed by atoms with van der Waals surface area (Å²) in [6.45, 7) is 3.63. The van der Waals surface area contributed by atoms with Crippen molar-refractivity contribution in [3.8, 4) is 0 Å². The molecule has 0 bridgehead atoms. The minimum Gasteiger partial charge on any atom is -0.382 e. The minimum atomic E-state index is 0.720. The summed E-state index contributed by atoms with van der Waals surface area (Å²) in [5.41, 5.74) is 0. The second-order valence-electron chi connectivity index (χ2n) is 6.23. The first-order chi connectivity index (χ1) is 9.40. The van der Waals surface area contributed by atoms with Crippen LogP contribution in [0.2, 0.25) is 0 Å². The van der Waals surface area contributed by atoms with Crippen LogP contribution in [0.15, 0.2) is 0 Å². The average Bonchev–Trinajstić information content (AvgIpc) is 3.25. The second kappa shape index (κ2) is 8.93. The Hall–Kier alpha value is -0.120. The van der Waals surface area contributed by atoms with Gasteiger partial charge in [-0.3, -0.25) is 0 Å². The van der Waals surface area contributed by atoms with E-state index in [9.17, 15) is 0 Å². The molecule has 0 aromatic heterocycles. The molecule has 0 aromatic rings. The molecule has 2 fully saturated rings. The summed E-state index contributed by atoms with van der Waals surface area (Å²) < 4.78 is 10.6. The Bertz CT molecular complexity index is 231. The highest BCUT2D eigenvalue weighted by Crippen LogP contribution is 2.33. The van der Waals surface area contributed by atoms with Gasteiger partial charge in [-0.25, -0.2) is 0 Å². The third-order valence-corrected chi connectivity index (χ3v) is 4.61. The van der Waals surface area contributed by atoms with Crippen molar-refractivity contribution in [3.05, 3.63) is 0 Å². The number of nitrogens with one attached hydrogen (secondary N) is 1. The molecule has 1 N–H and O–H groups in total. The normalized spacial score (nSPS) is 27.6. The van der Waals surface area contributed by atoms with E-state index in [0.717, 1.165) is 37.7 Å². The van der Waals surface area contributed by atoms with Crippen molar-refractivity contribution in [1.82, 2.24) is 5.32 Å². The van der Waals surface area contributed by atoms with Crippen molar-refractivity contribution >= 4 is 0 Å². The molecular weight excluding hydrogens is 238 g/mol. The zero-order valence-corrected chi connectivity index (χ0v) is 12.5. The Balaban J connectivity index is 1.55. The van der Waals surface area contributed by atoms with Crippen LogP contribution in [0, 0.1) is 11.8 Å². The van der Waals surface area contributed by atoms with Gasteiger partial charge in [-0.05, 0) is 50.5 Å². The van der Waals surface area contributed by atoms with Crippen LogP contribution in [0.3, 0.4) is 0 Å². The fourth-order valence-corrected chi connectivity index (χ4v) is 3.23. The van der Waals surface area contributed by atoms with Gasteiger partial charge in [0.2, 0.25) is 0 Å². The summed E-state index contributed by atoms with van der Waals surface area (Å²) >= 11 is 0. The van der Waals surface area contributed by atoms with Gasteiger partial charge in [0, 0.05) is 19.8 Å². The van der Waals surface area contributed by atoms with Crippen molar-refractivity contribution in [2.45, 2.75) is 57.4 Å². The number of hydrogen-bond acceptors (Lipinski definition) is 3. The molecule has 2 aliphatic carbocycles. The Kier molecular flexibility index (Phi) is 7.18. The molecule has 19 heavy (non-hydrogen) atoms. The number of hydrogen-bond donors (Lipinski definition) is 1. The van der Waals surface area contributed by atoms with Crippen molar-refractivity contribution in [2.24, 2.45) is 11.8 Å². The maximum Gasteiger partial charge on any atom is 0.0700 e. The Labute approximate surface area is 118 Å². The maximum absolute atomic E-state index is 5.57. The van der Waals surface area contributed by atoms with Crippen LogP contribution in [0.1, 0.15) is 51.4 Å². The van der Waals surface area contributed by atoms with Crippen molar-refractivity contribution in [2.75, 3.05) is 33.5 Å². The lowest BCUT2D eigenvalue weighted by molar-refractivity contribution is 0.0645. The van der Waals surface area contributed by atoms with E-state index in [2.05, 4.69) is 5.32 Å². The molecule has 0 aromatic carbocycles. The van der Waals surface area contributed by atoms with E-state index >= 15 is 0 Å². The van der Waals surface area contributed by atoms with E-state index in [1.165, 1.54) is 57.9 Å². The molecule has 0 spiro atoms. The monoisotopic (exact) mass is 269 g/mol. The first kappa shape index (κ1) is 15.3. The summed E-state index contributed by atoms with van der Waals surface area (Å²) in [6, 6.07) is 0.861. The third kappa shape index (κ3) is 6.24. The van der Waals surface area contributed by atoms with Gasteiger partial charge in [-0.15, -0.1) is 0 Å².